The van der Waals surface area contributed by atoms with E-state index in [0.717, 1.165) is 26.3 Å². The molecule has 0 aromatic rings. The van der Waals surface area contributed by atoms with Gasteiger partial charge in [-0.2, -0.15) is 0 Å². The molecule has 23 heavy (non-hydrogen) atoms. The quantitative estimate of drug-likeness (QED) is 0.302. The highest BCUT2D eigenvalue weighted by Crippen LogP contribution is 2.23. The summed E-state index contributed by atoms with van der Waals surface area (Å²) in [6, 6.07) is 0. The third-order valence-electron chi connectivity index (χ3n) is 4.98. The first-order valence-electron chi connectivity index (χ1n) is 10.2. The summed E-state index contributed by atoms with van der Waals surface area (Å²) in [5, 5.41) is 0. The second kappa shape index (κ2) is 14.2. The van der Waals surface area contributed by atoms with E-state index in [-0.39, 0.29) is 0 Å². The highest BCUT2D eigenvalue weighted by Gasteiger charge is 2.21. The smallest absolute Gasteiger partial charge is 0.0812 e. The molecule has 136 valence electrons. The van der Waals surface area contributed by atoms with E-state index in [1.165, 1.54) is 82.0 Å². The molecule has 0 bridgehead atoms. The Bertz CT molecular complexity index is 275. The summed E-state index contributed by atoms with van der Waals surface area (Å²) in [7, 11) is 0. The van der Waals surface area contributed by atoms with E-state index < -0.39 is 0 Å². The van der Waals surface area contributed by atoms with Crippen molar-refractivity contribution in [2.24, 2.45) is 5.92 Å². The number of ether oxygens (including phenoxy) is 1. The van der Waals surface area contributed by atoms with Crippen LogP contribution in [0.2, 0.25) is 0 Å². The molecule has 0 aliphatic carbocycles. The zero-order chi connectivity index (χ0) is 16.8. The van der Waals surface area contributed by atoms with Gasteiger partial charge in [0.1, 0.15) is 0 Å². The molecule has 0 N–H and O–H groups in total. The van der Waals surface area contributed by atoms with Crippen LogP contribution in [0.5, 0.6) is 0 Å². The molecule has 2 nitrogen and oxygen atoms in total. The number of hydrogen-bond donors (Lipinski definition) is 0. The average Bonchev–Trinajstić information content (AvgIpc) is 2.59. The van der Waals surface area contributed by atoms with E-state index in [4.69, 9.17) is 17.0 Å². The molecule has 1 heterocycles. The molecule has 0 spiro atoms. The van der Waals surface area contributed by atoms with Gasteiger partial charge in [0, 0.05) is 19.0 Å². The van der Waals surface area contributed by atoms with Gasteiger partial charge in [0.2, 0.25) is 0 Å². The number of thiocarbonyl (C=S) groups is 1. The Morgan fingerprint density at radius 2 is 1.30 bits per heavy atom. The number of rotatable bonds is 13. The number of hydrogen-bond acceptors (Lipinski definition) is 2. The van der Waals surface area contributed by atoms with Crippen LogP contribution in [0.3, 0.4) is 0 Å². The van der Waals surface area contributed by atoms with Crippen LogP contribution in [0, 0.1) is 5.92 Å². The predicted molar refractivity (Wildman–Crippen MR) is 105 cm³/mol. The van der Waals surface area contributed by atoms with E-state index in [1.54, 1.807) is 0 Å². The Balaban J connectivity index is 2.34. The monoisotopic (exact) mass is 341 g/mol. The Morgan fingerprint density at radius 3 is 1.78 bits per heavy atom. The van der Waals surface area contributed by atoms with Gasteiger partial charge < -0.3 is 9.64 Å². The topological polar surface area (TPSA) is 12.5 Å². The van der Waals surface area contributed by atoms with Gasteiger partial charge in [0.25, 0.3) is 0 Å². The zero-order valence-electron chi connectivity index (χ0n) is 15.7. The summed E-state index contributed by atoms with van der Waals surface area (Å²) in [6.07, 6.45) is 16.3. The van der Waals surface area contributed by atoms with E-state index >= 15 is 0 Å². The zero-order valence-corrected chi connectivity index (χ0v) is 16.5. The van der Waals surface area contributed by atoms with Crippen LogP contribution < -0.4 is 0 Å². The summed E-state index contributed by atoms with van der Waals surface area (Å²) in [5.74, 6) is 0.631. The van der Waals surface area contributed by atoms with Gasteiger partial charge in [0.05, 0.1) is 18.2 Å². The first-order chi connectivity index (χ1) is 11.3. The standard InChI is InChI=1S/C20H39NOS/c1-3-5-7-9-11-13-19(14-12-10-8-6-4-2)20(23)21-15-17-22-18-16-21/h19H,3-18H2,1-2H3. The minimum Gasteiger partial charge on any atom is -0.378 e. The molecule has 0 radical (unpaired) electrons. The SMILES string of the molecule is CCCCCCCC(CCCCCCC)C(=S)N1CCOCC1. The van der Waals surface area contributed by atoms with Crippen LogP contribution in [0.25, 0.3) is 0 Å². The second-order valence-electron chi connectivity index (χ2n) is 7.04. The van der Waals surface area contributed by atoms with Crippen molar-refractivity contribution in [1.82, 2.24) is 4.90 Å². The van der Waals surface area contributed by atoms with Crippen LogP contribution in [-0.4, -0.2) is 36.2 Å². The first kappa shape index (κ1) is 20.9. The molecular formula is C20H39NOS. The molecule has 1 aliphatic rings. The molecule has 0 aromatic carbocycles. The van der Waals surface area contributed by atoms with Gasteiger partial charge >= 0.3 is 0 Å². The van der Waals surface area contributed by atoms with E-state index in [1.807, 2.05) is 0 Å². The predicted octanol–water partition coefficient (Wildman–Crippen LogP) is 5.98. The van der Waals surface area contributed by atoms with Crippen molar-refractivity contribution in [2.45, 2.75) is 90.9 Å². The molecule has 1 saturated heterocycles. The minimum atomic E-state index is 0.631. The van der Waals surface area contributed by atoms with Crippen LogP contribution >= 0.6 is 12.2 Å². The number of nitrogens with zero attached hydrogens (tertiary/aromatic N) is 1. The van der Waals surface area contributed by atoms with Crippen LogP contribution in [0.15, 0.2) is 0 Å². The summed E-state index contributed by atoms with van der Waals surface area (Å²) in [6.45, 7) is 8.26. The molecule has 0 saturated carbocycles. The Morgan fingerprint density at radius 1 is 0.826 bits per heavy atom. The average molecular weight is 342 g/mol. The fourth-order valence-electron chi connectivity index (χ4n) is 3.42. The van der Waals surface area contributed by atoms with Gasteiger partial charge in [-0.05, 0) is 12.8 Å². The van der Waals surface area contributed by atoms with Crippen molar-refractivity contribution < 1.29 is 4.74 Å². The Hall–Kier alpha value is -0.150. The van der Waals surface area contributed by atoms with Crippen molar-refractivity contribution in [1.29, 1.82) is 0 Å². The summed E-state index contributed by atoms with van der Waals surface area (Å²) < 4.78 is 5.48. The first-order valence-corrected chi connectivity index (χ1v) is 10.6. The van der Waals surface area contributed by atoms with Gasteiger partial charge in [-0.25, -0.2) is 0 Å². The molecule has 0 aromatic heterocycles. The van der Waals surface area contributed by atoms with Crippen molar-refractivity contribution in [3.05, 3.63) is 0 Å². The van der Waals surface area contributed by atoms with E-state index in [9.17, 15) is 0 Å². The number of morpholine rings is 1. The second-order valence-corrected chi connectivity index (χ2v) is 7.46. The molecule has 0 amide bonds. The Labute approximate surface area is 150 Å². The molecule has 1 aliphatic heterocycles. The van der Waals surface area contributed by atoms with Crippen LogP contribution in [-0.2, 0) is 4.74 Å². The van der Waals surface area contributed by atoms with Crippen LogP contribution in [0.1, 0.15) is 90.9 Å². The molecular weight excluding hydrogens is 302 g/mol. The van der Waals surface area contributed by atoms with Gasteiger partial charge in [-0.15, -0.1) is 0 Å². The highest BCUT2D eigenvalue weighted by molar-refractivity contribution is 7.80. The summed E-state index contributed by atoms with van der Waals surface area (Å²) in [4.78, 5) is 3.65. The summed E-state index contributed by atoms with van der Waals surface area (Å²) >= 11 is 5.87. The molecule has 0 atom stereocenters. The van der Waals surface area contributed by atoms with Gasteiger partial charge in [0.15, 0.2) is 0 Å². The van der Waals surface area contributed by atoms with Gasteiger partial charge in [-0.1, -0.05) is 90.3 Å². The van der Waals surface area contributed by atoms with Crippen molar-refractivity contribution in [3.8, 4) is 0 Å². The van der Waals surface area contributed by atoms with Crippen molar-refractivity contribution in [3.63, 3.8) is 0 Å². The minimum absolute atomic E-state index is 0.631. The lowest BCUT2D eigenvalue weighted by Crippen LogP contribution is -2.42. The maximum Gasteiger partial charge on any atom is 0.0812 e. The maximum absolute atomic E-state index is 5.87. The largest absolute Gasteiger partial charge is 0.378 e. The molecule has 1 fully saturated rings. The molecule has 1 rings (SSSR count). The molecule has 3 heteroatoms. The van der Waals surface area contributed by atoms with Crippen molar-refractivity contribution in [2.75, 3.05) is 26.3 Å². The third-order valence-corrected chi connectivity index (χ3v) is 5.58. The lowest BCUT2D eigenvalue weighted by atomic mass is 9.93. The van der Waals surface area contributed by atoms with Crippen molar-refractivity contribution >= 4 is 17.2 Å². The van der Waals surface area contributed by atoms with E-state index in [0.29, 0.717) is 5.92 Å². The fraction of sp³-hybridized carbons (Fsp3) is 0.950. The highest BCUT2D eigenvalue weighted by atomic mass is 32.1. The normalized spacial score (nSPS) is 15.3. The van der Waals surface area contributed by atoms with Crippen LogP contribution in [0.4, 0.5) is 0 Å². The Kier molecular flexibility index (Phi) is 12.9. The lowest BCUT2D eigenvalue weighted by Gasteiger charge is -2.33. The summed E-state index contributed by atoms with van der Waals surface area (Å²) in [5.41, 5.74) is 0. The molecule has 0 unspecified atom stereocenters. The van der Waals surface area contributed by atoms with Gasteiger partial charge in [-0.3, -0.25) is 0 Å². The maximum atomic E-state index is 5.87. The lowest BCUT2D eigenvalue weighted by molar-refractivity contribution is 0.0667. The fourth-order valence-corrected chi connectivity index (χ4v) is 3.84. The van der Waals surface area contributed by atoms with E-state index in [2.05, 4.69) is 18.7 Å². The third kappa shape index (κ3) is 9.66. The number of unbranched alkanes of at least 4 members (excludes halogenated alkanes) is 8.